The molecule has 44 heavy (non-hydrogen) atoms. The normalized spacial score (nSPS) is 20.2. The largest absolute Gasteiger partial charge is 0.416 e. The quantitative estimate of drug-likeness (QED) is 0.327. The molecule has 2 atom stereocenters. The molecule has 248 valence electrons. The van der Waals surface area contributed by atoms with Crippen molar-refractivity contribution in [1.29, 1.82) is 0 Å². The highest BCUT2D eigenvalue weighted by Gasteiger charge is 2.39. The molecule has 1 amide bonds. The van der Waals surface area contributed by atoms with Gasteiger partial charge in [0.1, 0.15) is 0 Å². The van der Waals surface area contributed by atoms with Crippen LogP contribution in [0.5, 0.6) is 0 Å². The topological polar surface area (TPSA) is 45.2 Å². The van der Waals surface area contributed by atoms with Gasteiger partial charge in [-0.25, -0.2) is 0 Å². The van der Waals surface area contributed by atoms with Gasteiger partial charge >= 0.3 is 12.4 Å². The lowest BCUT2D eigenvalue weighted by Crippen LogP contribution is -2.57. The van der Waals surface area contributed by atoms with Crippen molar-refractivity contribution in [2.45, 2.75) is 44.8 Å². The number of piperazine rings is 1. The van der Waals surface area contributed by atoms with E-state index in [1.807, 2.05) is 32.0 Å². The molecule has 4 rings (SSSR count). The van der Waals surface area contributed by atoms with Crippen molar-refractivity contribution in [2.75, 3.05) is 66.1 Å². The molecule has 2 heterocycles. The number of halogens is 8. The molecule has 0 N–H and O–H groups in total. The summed E-state index contributed by atoms with van der Waals surface area (Å²) in [5.74, 6) is -0.837. The fraction of sp³-hybridized carbons (Fsp3) is 0.567. The van der Waals surface area contributed by atoms with E-state index in [1.54, 1.807) is 7.11 Å². The molecule has 0 aliphatic carbocycles. The van der Waals surface area contributed by atoms with Crippen LogP contribution in [0.4, 0.5) is 26.3 Å². The summed E-state index contributed by atoms with van der Waals surface area (Å²) in [5.41, 5.74) is -0.516. The van der Waals surface area contributed by atoms with Gasteiger partial charge in [0, 0.05) is 64.5 Å². The van der Waals surface area contributed by atoms with Gasteiger partial charge in [-0.2, -0.15) is 26.3 Å². The maximum Gasteiger partial charge on any atom is 0.416 e. The number of alkyl halides is 6. The number of hydrogen-bond donors (Lipinski definition) is 0. The highest BCUT2D eigenvalue weighted by Crippen LogP contribution is 2.37. The van der Waals surface area contributed by atoms with Gasteiger partial charge in [0.05, 0.1) is 30.4 Å². The fourth-order valence-electron chi connectivity index (χ4n) is 5.56. The molecular formula is C30H39Cl2F6N3O3. The van der Waals surface area contributed by atoms with Gasteiger partial charge in [-0.1, -0.05) is 18.2 Å². The molecule has 0 radical (unpaired) electrons. The zero-order chi connectivity index (χ0) is 30.7. The van der Waals surface area contributed by atoms with Crippen LogP contribution in [0.3, 0.4) is 0 Å². The van der Waals surface area contributed by atoms with Gasteiger partial charge in [-0.15, -0.1) is 24.8 Å². The predicted molar refractivity (Wildman–Crippen MR) is 160 cm³/mol. The van der Waals surface area contributed by atoms with Crippen molar-refractivity contribution < 1.29 is 40.6 Å². The number of benzene rings is 2. The number of rotatable bonds is 8. The van der Waals surface area contributed by atoms with Crippen LogP contribution in [-0.4, -0.2) is 98.9 Å². The van der Waals surface area contributed by atoms with Gasteiger partial charge in [0.15, 0.2) is 0 Å². The minimum atomic E-state index is -5.03. The van der Waals surface area contributed by atoms with E-state index >= 15 is 0 Å². The summed E-state index contributed by atoms with van der Waals surface area (Å²) >= 11 is 0. The molecule has 2 aliphatic rings. The average molecular weight is 675 g/mol. The minimum Gasteiger partial charge on any atom is -0.382 e. The van der Waals surface area contributed by atoms with Crippen molar-refractivity contribution >= 4 is 30.7 Å². The Balaban J connectivity index is 0.00000337. The summed E-state index contributed by atoms with van der Waals surface area (Å²) in [7, 11) is 1.63. The van der Waals surface area contributed by atoms with E-state index in [1.165, 1.54) is 4.90 Å². The zero-order valence-corrected chi connectivity index (χ0v) is 26.5. The molecule has 2 aromatic rings. The molecule has 6 nitrogen and oxygen atoms in total. The van der Waals surface area contributed by atoms with Gasteiger partial charge in [-0.3, -0.25) is 14.6 Å². The van der Waals surface area contributed by atoms with E-state index < -0.39 is 41.0 Å². The van der Waals surface area contributed by atoms with Crippen molar-refractivity contribution in [3.63, 3.8) is 0 Å². The van der Waals surface area contributed by atoms with Gasteiger partial charge in [0.2, 0.25) is 0 Å². The summed E-state index contributed by atoms with van der Waals surface area (Å²) in [4.78, 5) is 19.5. The molecule has 0 spiro atoms. The minimum absolute atomic E-state index is 0. The number of methoxy groups -OCH3 is 1. The third-order valence-electron chi connectivity index (χ3n) is 8.01. The Bertz CT molecular complexity index is 1210. The number of amides is 1. The van der Waals surface area contributed by atoms with E-state index in [2.05, 4.69) is 9.80 Å². The van der Waals surface area contributed by atoms with Crippen LogP contribution in [0, 0.1) is 13.8 Å². The summed E-state index contributed by atoms with van der Waals surface area (Å²) in [6.07, 6.45) is -9.66. The molecule has 0 bridgehead atoms. The first-order valence-electron chi connectivity index (χ1n) is 14.0. The maximum absolute atomic E-state index is 13.6. The van der Waals surface area contributed by atoms with Crippen LogP contribution < -0.4 is 0 Å². The van der Waals surface area contributed by atoms with E-state index in [9.17, 15) is 31.1 Å². The number of nitrogens with zero attached hydrogens (tertiary/aromatic N) is 3. The lowest BCUT2D eigenvalue weighted by Gasteiger charge is -2.43. The van der Waals surface area contributed by atoms with Crippen LogP contribution in [0.2, 0.25) is 0 Å². The number of hydrogen-bond acceptors (Lipinski definition) is 5. The Morgan fingerprint density at radius 3 is 2.05 bits per heavy atom. The predicted octanol–water partition coefficient (Wildman–Crippen LogP) is 5.90. The third-order valence-corrected chi connectivity index (χ3v) is 8.01. The number of ether oxygens (including phenoxy) is 2. The first-order valence-corrected chi connectivity index (χ1v) is 14.0. The number of morpholine rings is 1. The first kappa shape index (κ1) is 38.1. The second-order valence-electron chi connectivity index (χ2n) is 11.1. The van der Waals surface area contributed by atoms with Crippen LogP contribution in [0.25, 0.3) is 0 Å². The van der Waals surface area contributed by atoms with Crippen molar-refractivity contribution in [1.82, 2.24) is 14.7 Å². The summed E-state index contributed by atoms with van der Waals surface area (Å²) in [6, 6.07) is 6.56. The van der Waals surface area contributed by atoms with Crippen molar-refractivity contribution in [3.8, 4) is 0 Å². The molecule has 0 saturated carbocycles. The van der Waals surface area contributed by atoms with E-state index in [0.717, 1.165) is 36.3 Å². The standard InChI is InChI=1S/C30H37F6N3O3.2ClH/c1-20-4-5-22(12-21(20)2)13-26-17-37(6-7-38-10-11-42-27(18-38)19-41-3)8-9-39(26)28(40)23-14-24(29(31,32)33)16-25(15-23)30(34,35)36;;/h4-5,12,14-16,26-27H,6-11,13,17-19H2,1-3H3;2*1H/t26-,27-;;/m1../s1. The second-order valence-corrected chi connectivity index (χ2v) is 11.1. The number of carbonyl (C=O) groups is 1. The van der Waals surface area contributed by atoms with Crippen LogP contribution >= 0.6 is 24.8 Å². The number of carbonyl (C=O) groups excluding carboxylic acids is 1. The van der Waals surface area contributed by atoms with Crippen LogP contribution in [0.1, 0.15) is 38.2 Å². The Morgan fingerprint density at radius 1 is 0.864 bits per heavy atom. The van der Waals surface area contributed by atoms with E-state index in [0.29, 0.717) is 51.4 Å². The molecule has 0 unspecified atom stereocenters. The van der Waals surface area contributed by atoms with Crippen molar-refractivity contribution in [2.24, 2.45) is 0 Å². The zero-order valence-electron chi connectivity index (χ0n) is 24.8. The Kier molecular flexibility index (Phi) is 13.8. The smallest absolute Gasteiger partial charge is 0.382 e. The average Bonchev–Trinajstić information content (AvgIpc) is 2.93. The number of aryl methyl sites for hydroxylation is 2. The van der Waals surface area contributed by atoms with Gasteiger partial charge in [-0.05, 0) is 55.2 Å². The second kappa shape index (κ2) is 16.0. The maximum atomic E-state index is 13.6. The Morgan fingerprint density at radius 2 is 1.48 bits per heavy atom. The molecule has 2 aliphatic heterocycles. The Hall–Kier alpha value is -2.09. The fourth-order valence-corrected chi connectivity index (χ4v) is 5.56. The Labute approximate surface area is 266 Å². The molecule has 0 aromatic heterocycles. The van der Waals surface area contributed by atoms with Crippen LogP contribution in [-0.2, 0) is 28.2 Å². The summed E-state index contributed by atoms with van der Waals surface area (Å²) < 4.78 is 92.0. The van der Waals surface area contributed by atoms with Crippen LogP contribution in [0.15, 0.2) is 36.4 Å². The van der Waals surface area contributed by atoms with Crippen molar-refractivity contribution in [3.05, 3.63) is 69.8 Å². The monoisotopic (exact) mass is 673 g/mol. The lowest BCUT2D eigenvalue weighted by molar-refractivity contribution is -0.143. The van der Waals surface area contributed by atoms with Gasteiger partial charge in [0.25, 0.3) is 5.91 Å². The summed E-state index contributed by atoms with van der Waals surface area (Å²) in [5, 5.41) is 0. The van der Waals surface area contributed by atoms with E-state index in [4.69, 9.17) is 9.47 Å². The highest BCUT2D eigenvalue weighted by molar-refractivity contribution is 5.95. The lowest BCUT2D eigenvalue weighted by atomic mass is 9.97. The molecule has 2 fully saturated rings. The first-order chi connectivity index (χ1) is 19.7. The molecule has 2 aromatic carbocycles. The molecule has 2 saturated heterocycles. The highest BCUT2D eigenvalue weighted by atomic mass is 35.5. The third kappa shape index (κ3) is 9.95. The molecule has 14 heteroatoms. The van der Waals surface area contributed by atoms with Gasteiger partial charge < -0.3 is 14.4 Å². The molecular weight excluding hydrogens is 635 g/mol. The summed E-state index contributed by atoms with van der Waals surface area (Å²) in [6.45, 7) is 9.09. The van der Waals surface area contributed by atoms with E-state index in [-0.39, 0.29) is 43.5 Å². The SMILES string of the molecule is COC[C@H]1CN(CCN2CCN(C(=O)c3cc(C(F)(F)F)cc(C(F)(F)F)c3)[C@H](Cc3ccc(C)c(C)c3)C2)CCO1.Cl.Cl.